The highest BCUT2D eigenvalue weighted by atomic mass is 16.7. The van der Waals surface area contributed by atoms with E-state index < -0.39 is 12.6 Å². The Hall–Kier alpha value is -1.14. The van der Waals surface area contributed by atoms with Gasteiger partial charge in [0.2, 0.25) is 5.91 Å². The topological polar surface area (TPSA) is 102 Å². The summed E-state index contributed by atoms with van der Waals surface area (Å²) in [5.74, 6) is -1.44. The van der Waals surface area contributed by atoms with Crippen LogP contribution in [0.15, 0.2) is 0 Å². The Morgan fingerprint density at radius 1 is 1.38 bits per heavy atom. The minimum atomic E-state index is -1.12. The van der Waals surface area contributed by atoms with Gasteiger partial charge in [0, 0.05) is 6.42 Å². The molecule has 0 rings (SSSR count). The number of carboxylic acids is 1. The molecule has 0 aliphatic rings. The Morgan fingerprint density at radius 3 is 2.50 bits per heavy atom. The first kappa shape index (κ1) is 14.9. The molecule has 94 valence electrons. The van der Waals surface area contributed by atoms with Gasteiger partial charge in [-0.05, 0) is 24.8 Å². The normalized spacial score (nSPS) is 11.2. The number of hydroxylamine groups is 1. The molecule has 0 saturated carbocycles. The Labute approximate surface area is 95.1 Å². The molecule has 0 fully saturated rings. The number of hydrogen-bond acceptors (Lipinski definition) is 4. The average molecular weight is 232 g/mol. The predicted octanol–water partition coefficient (Wildman–Crippen LogP) is 0.274. The fourth-order valence-corrected chi connectivity index (χ4v) is 1.20. The molecular weight excluding hydrogens is 212 g/mol. The van der Waals surface area contributed by atoms with Gasteiger partial charge >= 0.3 is 5.97 Å². The van der Waals surface area contributed by atoms with Crippen LogP contribution in [0.25, 0.3) is 0 Å². The Balaban J connectivity index is 3.68. The number of rotatable bonds is 8. The van der Waals surface area contributed by atoms with E-state index in [1.807, 2.05) is 13.8 Å². The summed E-state index contributed by atoms with van der Waals surface area (Å²) in [5.41, 5.74) is 7.53. The van der Waals surface area contributed by atoms with Crippen LogP contribution < -0.4 is 11.2 Å². The molecule has 0 atom stereocenters. The van der Waals surface area contributed by atoms with Crippen molar-refractivity contribution < 1.29 is 19.5 Å². The van der Waals surface area contributed by atoms with E-state index in [4.69, 9.17) is 10.8 Å². The third kappa shape index (κ3) is 8.19. The second-order valence-corrected chi connectivity index (χ2v) is 4.41. The fraction of sp³-hybridized carbons (Fsp3) is 0.800. The quantitative estimate of drug-likeness (QED) is 0.521. The van der Waals surface area contributed by atoms with Gasteiger partial charge in [0.1, 0.15) is 0 Å². The van der Waals surface area contributed by atoms with E-state index in [9.17, 15) is 9.59 Å². The number of carbonyl (C=O) groups excluding carboxylic acids is 1. The smallest absolute Gasteiger partial charge is 0.332 e. The standard InChI is InChI=1S/C10H20N2O4/c1-10(2,5-6-11)4-3-8(13)12-16-7-9(14)15/h3-7,11H2,1-2H3,(H,12,13)(H,14,15). The van der Waals surface area contributed by atoms with Crippen LogP contribution in [0.4, 0.5) is 0 Å². The van der Waals surface area contributed by atoms with Gasteiger partial charge in [-0.2, -0.15) is 0 Å². The zero-order valence-electron chi connectivity index (χ0n) is 9.78. The van der Waals surface area contributed by atoms with Gasteiger partial charge < -0.3 is 10.8 Å². The molecule has 6 nitrogen and oxygen atoms in total. The van der Waals surface area contributed by atoms with Crippen molar-refractivity contribution in [1.29, 1.82) is 0 Å². The molecule has 0 aliphatic heterocycles. The minimum Gasteiger partial charge on any atom is -0.479 e. The third-order valence-corrected chi connectivity index (χ3v) is 2.23. The monoisotopic (exact) mass is 232 g/mol. The lowest BCUT2D eigenvalue weighted by molar-refractivity contribution is -0.149. The highest BCUT2D eigenvalue weighted by Gasteiger charge is 2.18. The van der Waals surface area contributed by atoms with Gasteiger partial charge in [0.15, 0.2) is 6.61 Å². The average Bonchev–Trinajstić information content (AvgIpc) is 2.14. The van der Waals surface area contributed by atoms with Crippen molar-refractivity contribution in [3.05, 3.63) is 0 Å². The highest BCUT2D eigenvalue weighted by Crippen LogP contribution is 2.25. The van der Waals surface area contributed by atoms with E-state index in [1.165, 1.54) is 0 Å². The van der Waals surface area contributed by atoms with Gasteiger partial charge in [-0.25, -0.2) is 10.3 Å². The van der Waals surface area contributed by atoms with E-state index in [-0.39, 0.29) is 11.3 Å². The first-order chi connectivity index (χ1) is 7.37. The van der Waals surface area contributed by atoms with Crippen LogP contribution >= 0.6 is 0 Å². The van der Waals surface area contributed by atoms with Crippen molar-refractivity contribution in [2.24, 2.45) is 11.1 Å². The SMILES string of the molecule is CC(C)(CCN)CCC(=O)NOCC(=O)O. The summed E-state index contributed by atoms with van der Waals surface area (Å²) in [6.07, 6.45) is 1.83. The molecule has 0 aliphatic carbocycles. The maximum atomic E-state index is 11.2. The van der Waals surface area contributed by atoms with Crippen LogP contribution in [0.5, 0.6) is 0 Å². The van der Waals surface area contributed by atoms with Gasteiger partial charge in [-0.15, -0.1) is 0 Å². The maximum Gasteiger partial charge on any atom is 0.332 e. The van der Waals surface area contributed by atoms with Crippen LogP contribution in [0.3, 0.4) is 0 Å². The van der Waals surface area contributed by atoms with E-state index in [1.54, 1.807) is 0 Å². The van der Waals surface area contributed by atoms with Gasteiger partial charge in [0.25, 0.3) is 0 Å². The molecule has 0 bridgehead atoms. The van der Waals surface area contributed by atoms with E-state index >= 15 is 0 Å². The van der Waals surface area contributed by atoms with Crippen molar-refractivity contribution in [1.82, 2.24) is 5.48 Å². The number of amides is 1. The molecule has 0 saturated heterocycles. The number of nitrogens with two attached hydrogens (primary N) is 1. The Morgan fingerprint density at radius 2 is 2.00 bits per heavy atom. The van der Waals surface area contributed by atoms with Crippen molar-refractivity contribution >= 4 is 11.9 Å². The Kier molecular flexibility index (Phi) is 6.67. The van der Waals surface area contributed by atoms with Gasteiger partial charge in [0.05, 0.1) is 0 Å². The van der Waals surface area contributed by atoms with Crippen molar-refractivity contribution in [3.63, 3.8) is 0 Å². The summed E-state index contributed by atoms with van der Waals surface area (Å²) >= 11 is 0. The second kappa shape index (κ2) is 7.19. The second-order valence-electron chi connectivity index (χ2n) is 4.41. The molecule has 0 aromatic rings. The van der Waals surface area contributed by atoms with Crippen LogP contribution in [0.2, 0.25) is 0 Å². The van der Waals surface area contributed by atoms with Crippen LogP contribution in [-0.4, -0.2) is 30.1 Å². The molecule has 6 heteroatoms. The third-order valence-electron chi connectivity index (χ3n) is 2.23. The number of aliphatic carboxylic acids is 1. The summed E-state index contributed by atoms with van der Waals surface area (Å²) in [6.45, 7) is 4.12. The van der Waals surface area contributed by atoms with E-state index in [0.29, 0.717) is 19.4 Å². The summed E-state index contributed by atoms with van der Waals surface area (Å²) in [5, 5.41) is 8.27. The van der Waals surface area contributed by atoms with Crippen molar-refractivity contribution in [3.8, 4) is 0 Å². The largest absolute Gasteiger partial charge is 0.479 e. The minimum absolute atomic E-state index is 0.0128. The van der Waals surface area contributed by atoms with Crippen LogP contribution in [-0.2, 0) is 14.4 Å². The zero-order valence-corrected chi connectivity index (χ0v) is 9.78. The first-order valence-corrected chi connectivity index (χ1v) is 5.20. The number of carbonyl (C=O) groups is 2. The molecule has 1 amide bonds. The lowest BCUT2D eigenvalue weighted by atomic mass is 9.84. The molecule has 0 aromatic heterocycles. The zero-order chi connectivity index (χ0) is 12.6. The van der Waals surface area contributed by atoms with E-state index in [0.717, 1.165) is 6.42 Å². The molecular formula is C10H20N2O4. The van der Waals surface area contributed by atoms with Crippen molar-refractivity contribution in [2.45, 2.75) is 33.1 Å². The predicted molar refractivity (Wildman–Crippen MR) is 58.4 cm³/mol. The summed E-state index contributed by atoms with van der Waals surface area (Å²) < 4.78 is 0. The van der Waals surface area contributed by atoms with Gasteiger partial charge in [-0.1, -0.05) is 13.8 Å². The number of nitrogens with one attached hydrogen (secondary N) is 1. The van der Waals surface area contributed by atoms with Crippen molar-refractivity contribution in [2.75, 3.05) is 13.2 Å². The molecule has 0 radical (unpaired) electrons. The molecule has 0 heterocycles. The maximum absolute atomic E-state index is 11.2. The molecule has 0 aromatic carbocycles. The molecule has 0 spiro atoms. The van der Waals surface area contributed by atoms with Crippen LogP contribution in [0.1, 0.15) is 33.1 Å². The molecule has 0 unspecified atom stereocenters. The molecule has 16 heavy (non-hydrogen) atoms. The fourth-order valence-electron chi connectivity index (χ4n) is 1.20. The lowest BCUT2D eigenvalue weighted by Gasteiger charge is -2.23. The lowest BCUT2D eigenvalue weighted by Crippen LogP contribution is -2.28. The van der Waals surface area contributed by atoms with Gasteiger partial charge in [-0.3, -0.25) is 9.63 Å². The summed E-state index contributed by atoms with van der Waals surface area (Å²) in [6, 6.07) is 0. The first-order valence-electron chi connectivity index (χ1n) is 5.20. The highest BCUT2D eigenvalue weighted by molar-refractivity contribution is 5.75. The van der Waals surface area contributed by atoms with E-state index in [2.05, 4.69) is 10.3 Å². The summed E-state index contributed by atoms with van der Waals surface area (Å²) in [4.78, 5) is 25.8. The van der Waals surface area contributed by atoms with Crippen LogP contribution in [0, 0.1) is 5.41 Å². The number of hydrogen-bond donors (Lipinski definition) is 3. The Bertz CT molecular complexity index is 241. The molecule has 4 N–H and O–H groups in total. The summed E-state index contributed by atoms with van der Waals surface area (Å²) in [7, 11) is 0. The number of carboxylic acid groups (broad SMARTS) is 1.